The third kappa shape index (κ3) is 3.62. The van der Waals surface area contributed by atoms with Crippen LogP contribution in [0.1, 0.15) is 42.6 Å². The van der Waals surface area contributed by atoms with Crippen LogP contribution in [0.15, 0.2) is 29.2 Å². The number of benzene rings is 1. The van der Waals surface area contributed by atoms with Gasteiger partial charge in [0.15, 0.2) is 0 Å². The van der Waals surface area contributed by atoms with Gasteiger partial charge in [-0.1, -0.05) is 12.8 Å². The molecule has 0 atom stereocenters. The van der Waals surface area contributed by atoms with Crippen LogP contribution in [-0.2, 0) is 6.54 Å². The molecule has 1 aliphatic rings. The lowest BCUT2D eigenvalue weighted by Crippen LogP contribution is -2.01. The van der Waals surface area contributed by atoms with Gasteiger partial charge >= 0.3 is 0 Å². The van der Waals surface area contributed by atoms with Crippen molar-refractivity contribution < 1.29 is 0 Å². The summed E-state index contributed by atoms with van der Waals surface area (Å²) >= 11 is 2.04. The van der Waals surface area contributed by atoms with Gasteiger partial charge in [0.1, 0.15) is 0 Å². The zero-order chi connectivity index (χ0) is 14.7. The predicted molar refractivity (Wildman–Crippen MR) is 89.9 cm³/mol. The minimum atomic E-state index is 0.823. The van der Waals surface area contributed by atoms with Gasteiger partial charge in [-0.2, -0.15) is 5.10 Å². The maximum absolute atomic E-state index is 4.23. The molecule has 3 rings (SSSR count). The van der Waals surface area contributed by atoms with E-state index in [-0.39, 0.29) is 0 Å². The Bertz CT molecular complexity index is 563. The first-order valence-corrected chi connectivity index (χ1v) is 8.61. The molecule has 2 aromatic rings. The number of thioether (sulfide) groups is 1. The molecule has 1 heterocycles. The largest absolute Gasteiger partial charge is 0.381 e. The molecular weight excluding hydrogens is 278 g/mol. The van der Waals surface area contributed by atoms with E-state index in [0.717, 1.165) is 23.2 Å². The predicted octanol–water partition coefficient (Wildman–Crippen LogP) is 4.67. The second kappa shape index (κ2) is 6.56. The van der Waals surface area contributed by atoms with Crippen molar-refractivity contribution in [2.24, 2.45) is 0 Å². The van der Waals surface area contributed by atoms with Crippen LogP contribution in [0.2, 0.25) is 0 Å². The lowest BCUT2D eigenvalue weighted by atomic mass is 10.2. The van der Waals surface area contributed by atoms with Gasteiger partial charge in [-0.05, 0) is 51.0 Å². The SMILES string of the molecule is Cc1n[nH]c(C)c1CNc1ccc(SC2CCCC2)cc1. The van der Waals surface area contributed by atoms with Crippen LogP contribution in [0.3, 0.4) is 0 Å². The molecule has 0 aliphatic heterocycles. The molecule has 1 aromatic heterocycles. The molecule has 0 amide bonds. The Morgan fingerprint density at radius 1 is 1.19 bits per heavy atom. The summed E-state index contributed by atoms with van der Waals surface area (Å²) in [6.45, 7) is 4.93. The minimum absolute atomic E-state index is 0.823. The Morgan fingerprint density at radius 2 is 1.90 bits per heavy atom. The number of aromatic amines is 1. The van der Waals surface area contributed by atoms with Crippen LogP contribution >= 0.6 is 11.8 Å². The molecule has 0 bridgehead atoms. The number of anilines is 1. The fraction of sp³-hybridized carbons (Fsp3) is 0.471. The number of aryl methyl sites for hydroxylation is 2. The Labute approximate surface area is 130 Å². The fourth-order valence-electron chi connectivity index (χ4n) is 2.87. The zero-order valence-electron chi connectivity index (χ0n) is 12.8. The third-order valence-corrected chi connectivity index (χ3v) is 5.56. The van der Waals surface area contributed by atoms with E-state index in [9.17, 15) is 0 Å². The van der Waals surface area contributed by atoms with Crippen molar-refractivity contribution in [1.82, 2.24) is 10.2 Å². The summed E-state index contributed by atoms with van der Waals surface area (Å²) in [5.41, 5.74) is 4.66. The molecule has 1 aliphatic carbocycles. The van der Waals surface area contributed by atoms with Crippen molar-refractivity contribution >= 4 is 17.4 Å². The van der Waals surface area contributed by atoms with Crippen LogP contribution in [0.5, 0.6) is 0 Å². The van der Waals surface area contributed by atoms with E-state index in [1.165, 1.54) is 41.8 Å². The van der Waals surface area contributed by atoms with E-state index in [2.05, 4.69) is 46.7 Å². The average Bonchev–Trinajstić information content (AvgIpc) is 3.10. The second-order valence-electron chi connectivity index (χ2n) is 5.81. The van der Waals surface area contributed by atoms with Crippen LogP contribution in [0.25, 0.3) is 0 Å². The first-order chi connectivity index (χ1) is 10.2. The summed E-state index contributed by atoms with van der Waals surface area (Å²) in [6.07, 6.45) is 5.56. The lowest BCUT2D eigenvalue weighted by Gasteiger charge is -2.10. The van der Waals surface area contributed by atoms with Crippen LogP contribution in [0.4, 0.5) is 5.69 Å². The van der Waals surface area contributed by atoms with E-state index >= 15 is 0 Å². The summed E-state index contributed by atoms with van der Waals surface area (Å²) in [5, 5.41) is 11.6. The first kappa shape index (κ1) is 14.5. The Morgan fingerprint density at radius 3 is 2.52 bits per heavy atom. The second-order valence-corrected chi connectivity index (χ2v) is 7.19. The number of nitrogens with one attached hydrogen (secondary N) is 2. The summed E-state index contributed by atoms with van der Waals surface area (Å²) in [4.78, 5) is 1.39. The molecule has 4 heteroatoms. The van der Waals surface area contributed by atoms with E-state index in [1.54, 1.807) is 0 Å². The number of rotatable bonds is 5. The molecule has 3 nitrogen and oxygen atoms in total. The van der Waals surface area contributed by atoms with E-state index in [0.29, 0.717) is 0 Å². The topological polar surface area (TPSA) is 40.7 Å². The van der Waals surface area contributed by atoms with Gasteiger partial charge in [0, 0.05) is 33.6 Å². The fourth-order valence-corrected chi connectivity index (χ4v) is 4.12. The minimum Gasteiger partial charge on any atom is -0.381 e. The van der Waals surface area contributed by atoms with Crippen molar-refractivity contribution in [2.75, 3.05) is 5.32 Å². The van der Waals surface area contributed by atoms with Crippen molar-refractivity contribution in [3.8, 4) is 0 Å². The standard InChI is InChI=1S/C17H23N3S/c1-12-17(13(2)20-19-12)11-18-14-7-9-16(10-8-14)21-15-5-3-4-6-15/h7-10,15,18H,3-6,11H2,1-2H3,(H,19,20). The number of hydrogen-bond acceptors (Lipinski definition) is 3. The highest BCUT2D eigenvalue weighted by Crippen LogP contribution is 2.34. The van der Waals surface area contributed by atoms with E-state index < -0.39 is 0 Å². The van der Waals surface area contributed by atoms with E-state index in [1.807, 2.05) is 18.7 Å². The molecule has 0 saturated heterocycles. The van der Waals surface area contributed by atoms with Gasteiger partial charge in [0.05, 0.1) is 5.69 Å². The van der Waals surface area contributed by atoms with Crippen LogP contribution in [-0.4, -0.2) is 15.4 Å². The normalized spacial score (nSPS) is 15.5. The van der Waals surface area contributed by atoms with Gasteiger partial charge < -0.3 is 5.32 Å². The zero-order valence-corrected chi connectivity index (χ0v) is 13.6. The number of aromatic nitrogens is 2. The van der Waals surface area contributed by atoms with Gasteiger partial charge in [0.25, 0.3) is 0 Å². The number of hydrogen-bond donors (Lipinski definition) is 2. The summed E-state index contributed by atoms with van der Waals surface area (Å²) in [7, 11) is 0. The number of H-pyrrole nitrogens is 1. The molecule has 0 unspecified atom stereocenters. The maximum Gasteiger partial charge on any atom is 0.0643 e. The smallest absolute Gasteiger partial charge is 0.0643 e. The summed E-state index contributed by atoms with van der Waals surface area (Å²) < 4.78 is 0. The van der Waals surface area contributed by atoms with Crippen molar-refractivity contribution in [1.29, 1.82) is 0 Å². The van der Waals surface area contributed by atoms with Gasteiger partial charge in [-0.25, -0.2) is 0 Å². The molecule has 0 radical (unpaired) electrons. The van der Waals surface area contributed by atoms with Gasteiger partial charge in [0.2, 0.25) is 0 Å². The Balaban J connectivity index is 1.57. The lowest BCUT2D eigenvalue weighted by molar-refractivity contribution is 0.886. The van der Waals surface area contributed by atoms with Crippen molar-refractivity contribution in [3.05, 3.63) is 41.2 Å². The average molecular weight is 301 g/mol. The molecule has 1 aromatic carbocycles. The Kier molecular flexibility index (Phi) is 4.54. The number of nitrogens with zero attached hydrogens (tertiary/aromatic N) is 1. The molecule has 21 heavy (non-hydrogen) atoms. The first-order valence-electron chi connectivity index (χ1n) is 7.73. The molecule has 1 saturated carbocycles. The third-order valence-electron chi connectivity index (χ3n) is 4.21. The van der Waals surface area contributed by atoms with Crippen molar-refractivity contribution in [2.45, 2.75) is 56.2 Å². The molecule has 1 fully saturated rings. The molecular formula is C17H23N3S. The Hall–Kier alpha value is -1.42. The highest BCUT2D eigenvalue weighted by Gasteiger charge is 2.15. The van der Waals surface area contributed by atoms with Crippen LogP contribution < -0.4 is 5.32 Å². The monoisotopic (exact) mass is 301 g/mol. The van der Waals surface area contributed by atoms with Gasteiger partial charge in [-0.3, -0.25) is 5.10 Å². The highest BCUT2D eigenvalue weighted by molar-refractivity contribution is 8.00. The summed E-state index contributed by atoms with van der Waals surface area (Å²) in [6, 6.07) is 8.84. The van der Waals surface area contributed by atoms with Crippen LogP contribution in [0, 0.1) is 13.8 Å². The quantitative estimate of drug-likeness (QED) is 0.843. The summed E-state index contributed by atoms with van der Waals surface area (Å²) in [5.74, 6) is 0. The molecule has 112 valence electrons. The molecule has 2 N–H and O–H groups in total. The van der Waals surface area contributed by atoms with E-state index in [4.69, 9.17) is 0 Å². The van der Waals surface area contributed by atoms with Crippen molar-refractivity contribution in [3.63, 3.8) is 0 Å². The highest BCUT2D eigenvalue weighted by atomic mass is 32.2. The molecule has 0 spiro atoms. The maximum atomic E-state index is 4.23. The van der Waals surface area contributed by atoms with Gasteiger partial charge in [-0.15, -0.1) is 11.8 Å².